The standard InChI is InChI=1S/C45H51Cl2F2N2O9PS/c1-8-10-21-58-61(54,59-22-11-9-2)60-32-18-15-29(16-19-32)23-41(52)57-28-33-36(48)25-31(26-39(33)62(7,55)56)30-17-20-38(37(49)24-30)51-27-40(45(5,6)53)50-43(51)44(3,4)42-34(46)13-12-14-35(42)47/h12-20,24-27,53H,8-11,21-23,28H2,1-7H3. The van der Waals surface area contributed by atoms with Crippen molar-refractivity contribution in [2.45, 2.75) is 96.2 Å². The third kappa shape index (κ3) is 11.9. The van der Waals surface area contributed by atoms with Crippen molar-refractivity contribution in [1.29, 1.82) is 0 Å². The van der Waals surface area contributed by atoms with Gasteiger partial charge in [-0.05, 0) is 106 Å². The van der Waals surface area contributed by atoms with Gasteiger partial charge in [0, 0.05) is 33.6 Å². The molecule has 0 aliphatic heterocycles. The largest absolute Gasteiger partial charge is 0.530 e. The molecule has 1 aromatic heterocycles. The summed E-state index contributed by atoms with van der Waals surface area (Å²) in [5.74, 6) is -2.02. The van der Waals surface area contributed by atoms with E-state index in [1.54, 1.807) is 44.2 Å². The minimum absolute atomic E-state index is 0.0327. The highest BCUT2D eigenvalue weighted by Crippen LogP contribution is 2.50. The summed E-state index contributed by atoms with van der Waals surface area (Å²) in [5, 5.41) is 11.6. The monoisotopic (exact) mass is 934 g/mol. The number of nitrogens with zero attached hydrogens (tertiary/aromatic N) is 2. The van der Waals surface area contributed by atoms with Gasteiger partial charge in [0.05, 0.1) is 41.3 Å². The van der Waals surface area contributed by atoms with Crippen molar-refractivity contribution in [1.82, 2.24) is 9.55 Å². The number of phosphoric ester groups is 1. The van der Waals surface area contributed by atoms with Crippen LogP contribution in [0.1, 0.15) is 95.4 Å². The van der Waals surface area contributed by atoms with Crippen molar-refractivity contribution in [3.63, 3.8) is 0 Å². The molecule has 0 aliphatic carbocycles. The molecule has 17 heteroatoms. The number of ether oxygens (including phenoxy) is 1. The Bertz CT molecular complexity index is 2530. The number of hydrogen-bond donors (Lipinski definition) is 1. The summed E-state index contributed by atoms with van der Waals surface area (Å²) in [6.07, 6.45) is 5.14. The molecule has 62 heavy (non-hydrogen) atoms. The fraction of sp³-hybridized carbons (Fsp3) is 0.378. The Hall–Kier alpha value is -4.14. The molecule has 0 aliphatic rings. The van der Waals surface area contributed by atoms with Crippen LogP contribution >= 0.6 is 31.0 Å². The molecular weight excluding hydrogens is 884 g/mol. The number of esters is 1. The van der Waals surface area contributed by atoms with Crippen molar-refractivity contribution < 1.29 is 50.0 Å². The number of imidazole rings is 1. The maximum atomic E-state index is 16.3. The molecule has 1 N–H and O–H groups in total. The average molecular weight is 936 g/mol. The molecule has 11 nitrogen and oxygen atoms in total. The van der Waals surface area contributed by atoms with Crippen LogP contribution in [0.15, 0.2) is 83.9 Å². The van der Waals surface area contributed by atoms with Gasteiger partial charge in [-0.3, -0.25) is 18.4 Å². The van der Waals surface area contributed by atoms with Crippen molar-refractivity contribution >= 4 is 46.8 Å². The van der Waals surface area contributed by atoms with Gasteiger partial charge in [0.15, 0.2) is 9.84 Å². The summed E-state index contributed by atoms with van der Waals surface area (Å²) in [6, 6.07) is 17.5. The Kier molecular flexibility index (Phi) is 15.9. The number of rotatable bonds is 20. The molecule has 0 spiro atoms. The lowest BCUT2D eigenvalue weighted by molar-refractivity contribution is -0.144. The van der Waals surface area contributed by atoms with Crippen LogP contribution in [0.5, 0.6) is 5.75 Å². The lowest BCUT2D eigenvalue weighted by Crippen LogP contribution is -2.25. The van der Waals surface area contributed by atoms with Crippen molar-refractivity contribution in [3.8, 4) is 22.6 Å². The number of unbranched alkanes of at least 4 members (excludes halogenated alkanes) is 2. The van der Waals surface area contributed by atoms with Crippen LogP contribution in [-0.2, 0) is 57.0 Å². The fourth-order valence-electron chi connectivity index (χ4n) is 6.54. The number of aromatic nitrogens is 2. The molecule has 1 heterocycles. The van der Waals surface area contributed by atoms with E-state index in [1.165, 1.54) is 41.1 Å². The van der Waals surface area contributed by atoms with E-state index >= 15 is 8.78 Å². The molecule has 0 fully saturated rings. The number of halogens is 4. The van der Waals surface area contributed by atoms with Gasteiger partial charge >= 0.3 is 13.8 Å². The number of sulfone groups is 1. The number of hydrogen-bond acceptors (Lipinski definition) is 10. The highest BCUT2D eigenvalue weighted by atomic mass is 35.5. The zero-order valence-electron chi connectivity index (χ0n) is 35.6. The topological polar surface area (TPSA) is 143 Å². The Morgan fingerprint density at radius 3 is 2.02 bits per heavy atom. The van der Waals surface area contributed by atoms with Gasteiger partial charge in [-0.1, -0.05) is 74.2 Å². The van der Waals surface area contributed by atoms with Gasteiger partial charge in [-0.2, -0.15) is 0 Å². The molecule has 4 aromatic carbocycles. The first-order valence-electron chi connectivity index (χ1n) is 20.0. The van der Waals surface area contributed by atoms with Crippen molar-refractivity contribution in [3.05, 3.63) is 129 Å². The van der Waals surface area contributed by atoms with Gasteiger partial charge in [-0.25, -0.2) is 26.7 Å². The number of benzene rings is 4. The lowest BCUT2D eigenvalue weighted by Gasteiger charge is -2.28. The van der Waals surface area contributed by atoms with Gasteiger partial charge < -0.3 is 14.4 Å². The van der Waals surface area contributed by atoms with Gasteiger partial charge in [-0.15, -0.1) is 0 Å². The summed E-state index contributed by atoms with van der Waals surface area (Å²) in [6.45, 7) is 10.4. The van der Waals surface area contributed by atoms with Crippen molar-refractivity contribution in [2.75, 3.05) is 19.5 Å². The molecule has 5 aromatic rings. The normalized spacial score (nSPS) is 12.5. The second kappa shape index (κ2) is 20.1. The molecule has 0 amide bonds. The third-order valence-electron chi connectivity index (χ3n) is 9.94. The van der Waals surface area contributed by atoms with Crippen molar-refractivity contribution in [2.24, 2.45) is 0 Å². The van der Waals surface area contributed by atoms with Crippen LogP contribution in [0.2, 0.25) is 10.0 Å². The molecular formula is C45H51Cl2F2N2O9PS. The maximum absolute atomic E-state index is 16.3. The average Bonchev–Trinajstić information content (AvgIpc) is 3.65. The summed E-state index contributed by atoms with van der Waals surface area (Å²) in [5.41, 5.74) is -1.29. The van der Waals surface area contributed by atoms with Crippen LogP contribution in [0.4, 0.5) is 8.78 Å². The van der Waals surface area contributed by atoms with E-state index in [4.69, 9.17) is 46.5 Å². The minimum atomic E-state index is -4.10. The lowest BCUT2D eigenvalue weighted by atomic mass is 9.83. The van der Waals surface area contributed by atoms with Gasteiger partial charge in [0.1, 0.15) is 35.4 Å². The number of aliphatic hydroxyl groups is 1. The third-order valence-corrected chi connectivity index (χ3v) is 13.2. The molecule has 0 saturated heterocycles. The van der Waals surface area contributed by atoms with Crippen LogP contribution in [0, 0.1) is 11.6 Å². The Labute approximate surface area is 371 Å². The van der Waals surface area contributed by atoms with Crippen LogP contribution in [-0.4, -0.2) is 48.5 Å². The Morgan fingerprint density at radius 2 is 1.47 bits per heavy atom. The van der Waals surface area contributed by atoms with Crippen LogP contribution in [0.25, 0.3) is 16.8 Å². The Morgan fingerprint density at radius 1 is 0.871 bits per heavy atom. The van der Waals surface area contributed by atoms with Gasteiger partial charge in [0.25, 0.3) is 0 Å². The van der Waals surface area contributed by atoms with E-state index in [2.05, 4.69) is 0 Å². The Balaban J connectivity index is 1.37. The predicted molar refractivity (Wildman–Crippen MR) is 236 cm³/mol. The smallest absolute Gasteiger partial charge is 0.460 e. The summed E-state index contributed by atoms with van der Waals surface area (Å²) < 4.78 is 94.8. The van der Waals surface area contributed by atoms with E-state index in [0.29, 0.717) is 39.8 Å². The molecule has 0 unspecified atom stereocenters. The first kappa shape index (κ1) is 48.9. The SMILES string of the molecule is CCCCOP(=O)(OCCCC)Oc1ccc(CC(=O)OCc2c(F)cc(-c3ccc(-n4cc(C(C)(C)O)nc4C(C)(C)c4c(Cl)cccc4Cl)c(F)c3)cc2S(C)(=O)=O)cc1. The van der Waals surface area contributed by atoms with Crippen LogP contribution < -0.4 is 4.52 Å². The molecule has 0 bridgehead atoms. The zero-order valence-corrected chi connectivity index (χ0v) is 38.9. The summed E-state index contributed by atoms with van der Waals surface area (Å²) >= 11 is 13.2. The highest BCUT2D eigenvalue weighted by Gasteiger charge is 2.36. The molecule has 334 valence electrons. The first-order valence-corrected chi connectivity index (χ1v) is 24.1. The molecule has 0 atom stereocenters. The minimum Gasteiger partial charge on any atom is -0.460 e. The predicted octanol–water partition coefficient (Wildman–Crippen LogP) is 11.5. The maximum Gasteiger partial charge on any atom is 0.530 e. The highest BCUT2D eigenvalue weighted by molar-refractivity contribution is 7.90. The zero-order chi connectivity index (χ0) is 45.6. The van der Waals surface area contributed by atoms with Gasteiger partial charge in [0.2, 0.25) is 0 Å². The molecule has 0 saturated carbocycles. The number of carbonyl (C=O) groups excluding carboxylic acids is 1. The van der Waals surface area contributed by atoms with E-state index in [1.807, 2.05) is 27.7 Å². The van der Waals surface area contributed by atoms with E-state index in [0.717, 1.165) is 31.2 Å². The summed E-state index contributed by atoms with van der Waals surface area (Å²) in [4.78, 5) is 17.2. The van der Waals surface area contributed by atoms with E-state index < -0.39 is 57.8 Å². The van der Waals surface area contributed by atoms with E-state index in [-0.39, 0.29) is 53.5 Å². The second-order valence-corrected chi connectivity index (χ2v) is 20.3. The fourth-order valence-corrected chi connectivity index (χ4v) is 9.62. The quantitative estimate of drug-likeness (QED) is 0.0455. The first-order chi connectivity index (χ1) is 29.1. The summed E-state index contributed by atoms with van der Waals surface area (Å²) in [7, 11) is -7.99. The number of carbonyl (C=O) groups is 1. The molecule has 0 radical (unpaired) electrons. The second-order valence-electron chi connectivity index (χ2n) is 15.9. The van der Waals surface area contributed by atoms with Crippen LogP contribution in [0.3, 0.4) is 0 Å². The number of phosphoric acid groups is 1. The van der Waals surface area contributed by atoms with E-state index in [9.17, 15) is 22.9 Å². The molecule has 5 rings (SSSR count).